The fraction of sp³-hybridized carbons (Fsp3) is 0.700. The molecule has 0 aromatic rings. The molecule has 4 atom stereocenters. The molecular weight excluding hydrogens is 336 g/mol. The molecule has 0 aliphatic carbocycles. The second kappa shape index (κ2) is 12.7. The molecule has 1 saturated heterocycles. The van der Waals surface area contributed by atoms with Crippen LogP contribution in [0.25, 0.3) is 0 Å². The molecule has 0 unspecified atom stereocenters. The van der Waals surface area contributed by atoms with Gasteiger partial charge in [0.1, 0.15) is 6.10 Å². The number of ether oxygens (including phenoxy) is 1. The zero-order valence-corrected chi connectivity index (χ0v) is 15.5. The number of esters is 1. The number of allylic oxidation sites excluding steroid dienone is 2. The molecule has 0 saturated carbocycles. The SMILES string of the molecule is CCCCC[C@H](O)C=C[C@H]1OC(=O)C[C@@H](O)[C@@H]1C/C=C/CCCC(=O)O. The van der Waals surface area contributed by atoms with E-state index in [1.54, 1.807) is 12.2 Å². The Hall–Kier alpha value is -1.66. The van der Waals surface area contributed by atoms with E-state index in [4.69, 9.17) is 9.84 Å². The van der Waals surface area contributed by atoms with Gasteiger partial charge in [0.25, 0.3) is 0 Å². The third-order valence-electron chi connectivity index (χ3n) is 4.52. The summed E-state index contributed by atoms with van der Waals surface area (Å²) in [6.07, 6.45) is 10.8. The summed E-state index contributed by atoms with van der Waals surface area (Å²) >= 11 is 0. The summed E-state index contributed by atoms with van der Waals surface area (Å²) in [6, 6.07) is 0. The molecule has 1 aliphatic rings. The third kappa shape index (κ3) is 9.15. The number of aliphatic carboxylic acids is 1. The molecule has 26 heavy (non-hydrogen) atoms. The smallest absolute Gasteiger partial charge is 0.309 e. The predicted octanol–water partition coefficient (Wildman–Crippen LogP) is 2.98. The molecule has 6 heteroatoms. The molecule has 0 amide bonds. The normalized spacial score (nSPS) is 24.9. The highest BCUT2D eigenvalue weighted by molar-refractivity contribution is 5.71. The summed E-state index contributed by atoms with van der Waals surface area (Å²) in [7, 11) is 0. The van der Waals surface area contributed by atoms with Crippen molar-refractivity contribution in [3.63, 3.8) is 0 Å². The molecule has 148 valence electrons. The first-order valence-electron chi connectivity index (χ1n) is 9.54. The van der Waals surface area contributed by atoms with E-state index < -0.39 is 30.3 Å². The van der Waals surface area contributed by atoms with Crippen LogP contribution in [0.3, 0.4) is 0 Å². The minimum atomic E-state index is -0.810. The minimum absolute atomic E-state index is 0.0269. The van der Waals surface area contributed by atoms with E-state index in [9.17, 15) is 19.8 Å². The Balaban J connectivity index is 2.54. The topological polar surface area (TPSA) is 104 Å². The second-order valence-corrected chi connectivity index (χ2v) is 6.83. The zero-order chi connectivity index (χ0) is 19.4. The van der Waals surface area contributed by atoms with Crippen molar-refractivity contribution in [1.82, 2.24) is 0 Å². The van der Waals surface area contributed by atoms with Crippen molar-refractivity contribution < 1.29 is 29.6 Å². The van der Waals surface area contributed by atoms with Crippen LogP contribution in [0.5, 0.6) is 0 Å². The lowest BCUT2D eigenvalue weighted by atomic mass is 9.87. The average molecular weight is 368 g/mol. The number of hydrogen-bond acceptors (Lipinski definition) is 5. The minimum Gasteiger partial charge on any atom is -0.481 e. The first-order chi connectivity index (χ1) is 12.4. The first kappa shape index (κ1) is 22.4. The van der Waals surface area contributed by atoms with Crippen LogP contribution in [-0.2, 0) is 14.3 Å². The Bertz CT molecular complexity index is 485. The number of carboxylic acid groups (broad SMARTS) is 1. The molecular formula is C20H32O6. The molecule has 1 heterocycles. The third-order valence-corrected chi connectivity index (χ3v) is 4.52. The highest BCUT2D eigenvalue weighted by Gasteiger charge is 2.35. The highest BCUT2D eigenvalue weighted by Crippen LogP contribution is 2.27. The quantitative estimate of drug-likeness (QED) is 0.278. The Morgan fingerprint density at radius 2 is 2.08 bits per heavy atom. The first-order valence-corrected chi connectivity index (χ1v) is 9.54. The van der Waals surface area contributed by atoms with E-state index in [0.29, 0.717) is 25.7 Å². The molecule has 1 rings (SSSR count). The van der Waals surface area contributed by atoms with Crippen molar-refractivity contribution in [1.29, 1.82) is 0 Å². The van der Waals surface area contributed by atoms with Gasteiger partial charge in [0, 0.05) is 12.3 Å². The van der Waals surface area contributed by atoms with E-state index in [1.165, 1.54) is 0 Å². The molecule has 1 aliphatic heterocycles. The Morgan fingerprint density at radius 3 is 2.77 bits per heavy atom. The van der Waals surface area contributed by atoms with Crippen molar-refractivity contribution in [2.45, 2.75) is 83.0 Å². The number of carboxylic acids is 1. The highest BCUT2D eigenvalue weighted by atomic mass is 16.5. The maximum absolute atomic E-state index is 11.6. The van der Waals surface area contributed by atoms with E-state index in [0.717, 1.165) is 19.3 Å². The van der Waals surface area contributed by atoms with Crippen LogP contribution >= 0.6 is 0 Å². The van der Waals surface area contributed by atoms with Crippen LogP contribution in [0.4, 0.5) is 0 Å². The number of carbonyl (C=O) groups excluding carboxylic acids is 1. The lowest BCUT2D eigenvalue weighted by Crippen LogP contribution is -2.41. The van der Waals surface area contributed by atoms with Crippen LogP contribution in [0.15, 0.2) is 24.3 Å². The molecule has 0 spiro atoms. The van der Waals surface area contributed by atoms with Crippen LogP contribution in [0.2, 0.25) is 0 Å². The maximum atomic E-state index is 11.6. The molecule has 6 nitrogen and oxygen atoms in total. The molecule has 1 fully saturated rings. The summed E-state index contributed by atoms with van der Waals surface area (Å²) in [5.74, 6) is -1.51. The van der Waals surface area contributed by atoms with Gasteiger partial charge < -0.3 is 20.1 Å². The summed E-state index contributed by atoms with van der Waals surface area (Å²) < 4.78 is 5.35. The number of unbranched alkanes of at least 4 members (excludes halogenated alkanes) is 3. The number of carbonyl (C=O) groups is 2. The molecule has 0 aromatic heterocycles. The fourth-order valence-electron chi connectivity index (χ4n) is 2.98. The van der Waals surface area contributed by atoms with E-state index >= 15 is 0 Å². The van der Waals surface area contributed by atoms with Crippen molar-refractivity contribution in [3.05, 3.63) is 24.3 Å². The van der Waals surface area contributed by atoms with Crippen molar-refractivity contribution >= 4 is 11.9 Å². The number of cyclic esters (lactones) is 1. The van der Waals surface area contributed by atoms with Crippen molar-refractivity contribution in [2.75, 3.05) is 0 Å². The van der Waals surface area contributed by atoms with Crippen LogP contribution in [-0.4, -0.2) is 45.6 Å². The molecule has 0 bridgehead atoms. The van der Waals surface area contributed by atoms with Gasteiger partial charge in [-0.05, 0) is 31.8 Å². The predicted molar refractivity (Wildman–Crippen MR) is 98.5 cm³/mol. The Kier molecular flexibility index (Phi) is 10.9. The summed E-state index contributed by atoms with van der Waals surface area (Å²) in [5.41, 5.74) is 0. The molecule has 0 aromatic carbocycles. The van der Waals surface area contributed by atoms with Gasteiger partial charge in [-0.15, -0.1) is 0 Å². The van der Waals surface area contributed by atoms with Gasteiger partial charge in [-0.25, -0.2) is 0 Å². The van der Waals surface area contributed by atoms with Gasteiger partial charge in [-0.1, -0.05) is 44.4 Å². The van der Waals surface area contributed by atoms with Crippen LogP contribution in [0, 0.1) is 5.92 Å². The van der Waals surface area contributed by atoms with E-state index in [1.807, 2.05) is 12.2 Å². The van der Waals surface area contributed by atoms with E-state index in [-0.39, 0.29) is 18.8 Å². The lowest BCUT2D eigenvalue weighted by Gasteiger charge is -2.32. The summed E-state index contributed by atoms with van der Waals surface area (Å²) in [6.45, 7) is 2.10. The van der Waals surface area contributed by atoms with Gasteiger partial charge in [-0.3, -0.25) is 9.59 Å². The van der Waals surface area contributed by atoms with Gasteiger partial charge in [0.2, 0.25) is 0 Å². The second-order valence-electron chi connectivity index (χ2n) is 6.83. The van der Waals surface area contributed by atoms with Gasteiger partial charge in [0.05, 0.1) is 18.6 Å². The van der Waals surface area contributed by atoms with Crippen LogP contribution in [0.1, 0.15) is 64.7 Å². The summed E-state index contributed by atoms with van der Waals surface area (Å²) in [4.78, 5) is 22.1. The molecule has 0 radical (unpaired) electrons. The standard InChI is InChI=1S/C20H32O6/c1-2-3-6-9-15(21)12-13-18-16(17(22)14-20(25)26-18)10-7-4-5-8-11-19(23)24/h4,7,12-13,15-18,21-22H,2-3,5-6,8-11,14H2,1H3,(H,23,24)/b7-4+,13-12?/t15-,16-,17+,18+/m0/s1. The monoisotopic (exact) mass is 368 g/mol. The lowest BCUT2D eigenvalue weighted by molar-refractivity contribution is -0.163. The van der Waals surface area contributed by atoms with E-state index in [2.05, 4.69) is 6.92 Å². The number of rotatable bonds is 12. The van der Waals surface area contributed by atoms with Crippen molar-refractivity contribution in [3.8, 4) is 0 Å². The van der Waals surface area contributed by atoms with Gasteiger partial charge >= 0.3 is 11.9 Å². The van der Waals surface area contributed by atoms with Crippen molar-refractivity contribution in [2.24, 2.45) is 5.92 Å². The summed E-state index contributed by atoms with van der Waals surface area (Å²) in [5, 5.41) is 28.8. The Labute approximate surface area is 155 Å². The number of aliphatic hydroxyl groups excluding tert-OH is 2. The van der Waals surface area contributed by atoms with Crippen LogP contribution < -0.4 is 0 Å². The fourth-order valence-corrected chi connectivity index (χ4v) is 2.98. The molecule has 3 N–H and O–H groups in total. The number of aliphatic hydroxyl groups is 2. The maximum Gasteiger partial charge on any atom is 0.309 e. The number of hydrogen-bond donors (Lipinski definition) is 3. The Morgan fingerprint density at radius 1 is 1.31 bits per heavy atom. The zero-order valence-electron chi connectivity index (χ0n) is 15.5. The average Bonchev–Trinajstić information content (AvgIpc) is 2.57. The largest absolute Gasteiger partial charge is 0.481 e. The van der Waals surface area contributed by atoms with Gasteiger partial charge in [0.15, 0.2) is 0 Å². The van der Waals surface area contributed by atoms with Gasteiger partial charge in [-0.2, -0.15) is 0 Å².